The Morgan fingerprint density at radius 3 is 1.55 bits per heavy atom. The summed E-state index contributed by atoms with van der Waals surface area (Å²) in [5.41, 5.74) is 10.4. The lowest BCUT2D eigenvalue weighted by Crippen LogP contribution is -1.89. The van der Waals surface area contributed by atoms with Crippen molar-refractivity contribution in [2.75, 3.05) is 0 Å². The van der Waals surface area contributed by atoms with Crippen molar-refractivity contribution in [1.82, 2.24) is 0 Å². The van der Waals surface area contributed by atoms with Crippen molar-refractivity contribution < 1.29 is 4.42 Å². The molecule has 1 heterocycles. The van der Waals surface area contributed by atoms with E-state index in [0.717, 1.165) is 33.1 Å². The van der Waals surface area contributed by atoms with Crippen LogP contribution in [0.25, 0.3) is 87.6 Å². The van der Waals surface area contributed by atoms with Crippen molar-refractivity contribution in [1.29, 1.82) is 0 Å². The highest BCUT2D eigenvalue weighted by Crippen LogP contribution is 2.43. The van der Waals surface area contributed by atoms with E-state index in [1.54, 1.807) is 0 Å². The number of fused-ring (bicyclic) bond motifs is 3. The highest BCUT2D eigenvalue weighted by atomic mass is 16.3. The van der Waals surface area contributed by atoms with Crippen molar-refractivity contribution in [2.45, 2.75) is 6.92 Å². The first-order valence-electron chi connectivity index (χ1n) is 14.5. The van der Waals surface area contributed by atoms with Gasteiger partial charge in [-0.2, -0.15) is 0 Å². The average Bonchev–Trinajstić information content (AvgIpc) is 3.43. The number of para-hydroxylation sites is 2. The number of benzene rings is 8. The molecule has 0 spiro atoms. The molecule has 0 radical (unpaired) electrons. The Bertz CT molecular complexity index is 2440. The van der Waals surface area contributed by atoms with Gasteiger partial charge in [-0.1, -0.05) is 139 Å². The molecule has 0 aliphatic heterocycles. The molecule has 0 amide bonds. The Balaban J connectivity index is 1.20. The minimum absolute atomic E-state index is 0.927. The van der Waals surface area contributed by atoms with E-state index in [1.165, 1.54) is 60.1 Å². The number of hydrogen-bond donors (Lipinski definition) is 0. The van der Waals surface area contributed by atoms with Gasteiger partial charge in [0.2, 0.25) is 0 Å². The van der Waals surface area contributed by atoms with Crippen LogP contribution >= 0.6 is 0 Å². The van der Waals surface area contributed by atoms with Gasteiger partial charge in [0.1, 0.15) is 11.2 Å². The fourth-order valence-electron chi connectivity index (χ4n) is 6.84. The second-order valence-corrected chi connectivity index (χ2v) is 11.4. The first-order chi connectivity index (χ1) is 20.7. The highest BCUT2D eigenvalue weighted by Gasteiger charge is 2.16. The SMILES string of the molecule is Cc1ccc(-c2ccc3ccc4ccc(-c5ccc(-c6cccc7c6oc6ccccc67)cc5)c5ccc2c3c45)cc1. The number of furan rings is 1. The summed E-state index contributed by atoms with van der Waals surface area (Å²) in [6, 6.07) is 50.8. The van der Waals surface area contributed by atoms with Gasteiger partial charge in [0.05, 0.1) is 0 Å². The molecule has 0 saturated carbocycles. The van der Waals surface area contributed by atoms with Crippen LogP contribution in [0, 0.1) is 6.92 Å². The van der Waals surface area contributed by atoms with Gasteiger partial charge in [-0.05, 0) is 73.1 Å². The summed E-state index contributed by atoms with van der Waals surface area (Å²) < 4.78 is 6.32. The van der Waals surface area contributed by atoms with Gasteiger partial charge in [-0.3, -0.25) is 0 Å². The first-order valence-corrected chi connectivity index (χ1v) is 14.5. The van der Waals surface area contributed by atoms with E-state index in [0.29, 0.717) is 0 Å². The zero-order chi connectivity index (χ0) is 27.8. The maximum atomic E-state index is 6.32. The fraction of sp³-hybridized carbons (Fsp3) is 0.0244. The van der Waals surface area contributed by atoms with E-state index in [2.05, 4.69) is 134 Å². The van der Waals surface area contributed by atoms with Crippen molar-refractivity contribution in [2.24, 2.45) is 0 Å². The molecule has 1 aromatic heterocycles. The molecular weight excluding hydrogens is 508 g/mol. The lowest BCUT2D eigenvalue weighted by molar-refractivity contribution is 0.670. The Morgan fingerprint density at radius 1 is 0.381 bits per heavy atom. The van der Waals surface area contributed by atoms with Gasteiger partial charge in [-0.15, -0.1) is 0 Å². The van der Waals surface area contributed by atoms with Crippen LogP contribution in [0.4, 0.5) is 0 Å². The Kier molecular flexibility index (Phi) is 4.88. The lowest BCUT2D eigenvalue weighted by atomic mass is 9.87. The third kappa shape index (κ3) is 3.37. The quantitative estimate of drug-likeness (QED) is 0.205. The van der Waals surface area contributed by atoms with Crippen LogP contribution in [0.2, 0.25) is 0 Å². The summed E-state index contributed by atoms with van der Waals surface area (Å²) in [6.45, 7) is 2.14. The molecule has 8 aromatic carbocycles. The summed E-state index contributed by atoms with van der Waals surface area (Å²) in [5, 5.41) is 10.2. The molecule has 0 N–H and O–H groups in total. The molecule has 9 rings (SSSR count). The standard InChI is InChI=1S/C41H26O/c1-25-9-11-26(12-10-25)31-21-19-29-17-18-30-20-22-32(36-24-23-35(31)39(29)40(30)36)27-13-15-28(16-14-27)33-6-4-7-37-34-5-2-3-8-38(34)42-41(33)37/h2-24H,1H3. The van der Waals surface area contributed by atoms with E-state index in [4.69, 9.17) is 4.42 Å². The monoisotopic (exact) mass is 534 g/mol. The van der Waals surface area contributed by atoms with Crippen LogP contribution in [0.15, 0.2) is 144 Å². The van der Waals surface area contributed by atoms with Gasteiger partial charge in [0.25, 0.3) is 0 Å². The maximum Gasteiger partial charge on any atom is 0.143 e. The molecule has 1 nitrogen and oxygen atoms in total. The van der Waals surface area contributed by atoms with Crippen molar-refractivity contribution in [3.8, 4) is 33.4 Å². The second kappa shape index (κ2) is 8.80. The number of aryl methyl sites for hydroxylation is 1. The smallest absolute Gasteiger partial charge is 0.143 e. The highest BCUT2D eigenvalue weighted by molar-refractivity contribution is 6.27. The summed E-state index contributed by atoms with van der Waals surface area (Å²) in [4.78, 5) is 0. The van der Waals surface area contributed by atoms with Crippen LogP contribution in [0.1, 0.15) is 5.56 Å². The van der Waals surface area contributed by atoms with Crippen LogP contribution in [0.5, 0.6) is 0 Å². The lowest BCUT2D eigenvalue weighted by Gasteiger charge is -2.17. The van der Waals surface area contributed by atoms with Crippen LogP contribution in [0.3, 0.4) is 0 Å². The normalized spacial score (nSPS) is 11.9. The predicted octanol–water partition coefficient (Wildman–Crippen LogP) is 11.8. The van der Waals surface area contributed by atoms with E-state index >= 15 is 0 Å². The average molecular weight is 535 g/mol. The van der Waals surface area contributed by atoms with Gasteiger partial charge in [-0.25, -0.2) is 0 Å². The molecule has 1 heteroatoms. The van der Waals surface area contributed by atoms with E-state index < -0.39 is 0 Å². The maximum absolute atomic E-state index is 6.32. The van der Waals surface area contributed by atoms with Gasteiger partial charge in [0.15, 0.2) is 0 Å². The molecule has 42 heavy (non-hydrogen) atoms. The minimum atomic E-state index is 0.927. The molecule has 0 aliphatic rings. The van der Waals surface area contributed by atoms with Gasteiger partial charge >= 0.3 is 0 Å². The third-order valence-electron chi connectivity index (χ3n) is 8.94. The summed E-state index contributed by atoms with van der Waals surface area (Å²) in [7, 11) is 0. The zero-order valence-electron chi connectivity index (χ0n) is 23.2. The molecule has 0 saturated heterocycles. The molecule has 0 unspecified atom stereocenters. The topological polar surface area (TPSA) is 13.1 Å². The van der Waals surface area contributed by atoms with Crippen molar-refractivity contribution in [3.05, 3.63) is 145 Å². The molecular formula is C41H26O. The van der Waals surface area contributed by atoms with E-state index in [9.17, 15) is 0 Å². The fourth-order valence-corrected chi connectivity index (χ4v) is 6.84. The largest absolute Gasteiger partial charge is 0.455 e. The molecule has 0 fully saturated rings. The molecule has 0 atom stereocenters. The number of hydrogen-bond acceptors (Lipinski definition) is 1. The van der Waals surface area contributed by atoms with Gasteiger partial charge in [0, 0.05) is 16.3 Å². The van der Waals surface area contributed by atoms with Crippen LogP contribution < -0.4 is 0 Å². The zero-order valence-corrected chi connectivity index (χ0v) is 23.2. The summed E-state index contributed by atoms with van der Waals surface area (Å²) >= 11 is 0. The Labute approximate surface area is 243 Å². The number of rotatable bonds is 3. The summed E-state index contributed by atoms with van der Waals surface area (Å²) in [6.07, 6.45) is 0. The Hall–Kier alpha value is -5.40. The van der Waals surface area contributed by atoms with Crippen LogP contribution in [-0.4, -0.2) is 0 Å². The van der Waals surface area contributed by atoms with E-state index in [-0.39, 0.29) is 0 Å². The van der Waals surface area contributed by atoms with Gasteiger partial charge < -0.3 is 4.42 Å². The van der Waals surface area contributed by atoms with Crippen molar-refractivity contribution in [3.63, 3.8) is 0 Å². The minimum Gasteiger partial charge on any atom is -0.455 e. The molecule has 0 bridgehead atoms. The third-order valence-corrected chi connectivity index (χ3v) is 8.94. The molecule has 0 aliphatic carbocycles. The molecule has 9 aromatic rings. The Morgan fingerprint density at radius 2 is 0.905 bits per heavy atom. The van der Waals surface area contributed by atoms with Crippen LogP contribution in [-0.2, 0) is 0 Å². The second-order valence-electron chi connectivity index (χ2n) is 11.4. The predicted molar refractivity (Wildman–Crippen MR) is 178 cm³/mol. The van der Waals surface area contributed by atoms with Crippen molar-refractivity contribution >= 4 is 54.3 Å². The first kappa shape index (κ1) is 23.3. The summed E-state index contributed by atoms with van der Waals surface area (Å²) in [5.74, 6) is 0. The van der Waals surface area contributed by atoms with E-state index in [1.807, 2.05) is 12.1 Å². The molecule has 196 valence electrons.